The maximum Gasteiger partial charge on any atom is 0.364 e. The molecular formula is C20H19ClN2O5. The van der Waals surface area contributed by atoms with Crippen molar-refractivity contribution < 1.29 is 23.8 Å². The number of carbonyl (C=O) groups is 2. The standard InChI is InChI=1S/C20H19ClN2O5/c1-26-19(25)20-15-8-7-14(21)9-13(15)10-16(20)28-17(22-23-20)18(24)27-11-12-5-3-2-4-6-12/h2-7,9-10,15,17,22-23H,8,11H2,1H3/t15-,17+,20+/m0/s1. The predicted molar refractivity (Wildman–Crippen MR) is 100 cm³/mol. The van der Waals surface area contributed by atoms with Crippen LogP contribution in [-0.4, -0.2) is 30.8 Å². The Morgan fingerprint density at radius 1 is 1.29 bits per heavy atom. The summed E-state index contributed by atoms with van der Waals surface area (Å²) in [4.78, 5) is 25.1. The summed E-state index contributed by atoms with van der Waals surface area (Å²) < 4.78 is 16.1. The van der Waals surface area contributed by atoms with Crippen LogP contribution in [0.2, 0.25) is 0 Å². The van der Waals surface area contributed by atoms with Gasteiger partial charge in [0.2, 0.25) is 0 Å². The smallest absolute Gasteiger partial charge is 0.364 e. The van der Waals surface area contributed by atoms with Crippen molar-refractivity contribution in [2.45, 2.75) is 24.8 Å². The summed E-state index contributed by atoms with van der Waals surface area (Å²) in [6.07, 6.45) is 4.76. The highest BCUT2D eigenvalue weighted by Gasteiger charge is 2.59. The van der Waals surface area contributed by atoms with Gasteiger partial charge in [-0.1, -0.05) is 48.0 Å². The van der Waals surface area contributed by atoms with Crippen molar-refractivity contribution in [2.75, 3.05) is 7.11 Å². The summed E-state index contributed by atoms with van der Waals surface area (Å²) in [6, 6.07) is 9.33. The Morgan fingerprint density at radius 3 is 2.82 bits per heavy atom. The maximum absolute atomic E-state index is 12.7. The Hall–Kier alpha value is -2.61. The van der Waals surface area contributed by atoms with E-state index in [0.717, 1.165) is 11.1 Å². The molecule has 2 N–H and O–H groups in total. The molecule has 28 heavy (non-hydrogen) atoms. The first kappa shape index (κ1) is 18.7. The first-order valence-corrected chi connectivity index (χ1v) is 9.20. The summed E-state index contributed by atoms with van der Waals surface area (Å²) >= 11 is 6.11. The molecule has 1 saturated heterocycles. The van der Waals surface area contributed by atoms with Gasteiger partial charge in [0, 0.05) is 11.0 Å². The average molecular weight is 403 g/mol. The van der Waals surface area contributed by atoms with Crippen LogP contribution in [0.15, 0.2) is 64.9 Å². The third-order valence-corrected chi connectivity index (χ3v) is 5.32. The Kier molecular flexibility index (Phi) is 4.97. The van der Waals surface area contributed by atoms with E-state index in [1.54, 1.807) is 12.2 Å². The van der Waals surface area contributed by atoms with E-state index in [9.17, 15) is 9.59 Å². The minimum Gasteiger partial charge on any atom is -0.467 e. The average Bonchev–Trinajstić information content (AvgIpc) is 3.05. The second kappa shape index (κ2) is 7.43. The van der Waals surface area contributed by atoms with Crippen molar-refractivity contribution in [1.29, 1.82) is 0 Å². The lowest BCUT2D eigenvalue weighted by Gasteiger charge is -2.41. The largest absolute Gasteiger partial charge is 0.467 e. The molecule has 0 aromatic heterocycles. The molecule has 3 atom stereocenters. The number of rotatable bonds is 4. The van der Waals surface area contributed by atoms with Crippen LogP contribution in [0.4, 0.5) is 0 Å². The van der Waals surface area contributed by atoms with Gasteiger partial charge in [-0.05, 0) is 29.7 Å². The zero-order chi connectivity index (χ0) is 19.7. The molecule has 0 spiro atoms. The molecule has 1 aliphatic heterocycles. The van der Waals surface area contributed by atoms with Crippen molar-refractivity contribution in [3.05, 3.63) is 70.5 Å². The summed E-state index contributed by atoms with van der Waals surface area (Å²) in [6.45, 7) is 0.121. The van der Waals surface area contributed by atoms with Gasteiger partial charge in [-0.25, -0.2) is 20.4 Å². The van der Waals surface area contributed by atoms with E-state index in [1.807, 2.05) is 36.4 Å². The van der Waals surface area contributed by atoms with Gasteiger partial charge in [-0.2, -0.15) is 0 Å². The molecule has 0 saturated carbocycles. The van der Waals surface area contributed by atoms with Gasteiger partial charge in [-0.3, -0.25) is 0 Å². The second-order valence-electron chi connectivity index (χ2n) is 6.69. The van der Waals surface area contributed by atoms with Gasteiger partial charge in [0.05, 0.1) is 7.11 Å². The number of carbonyl (C=O) groups excluding carboxylic acids is 2. The summed E-state index contributed by atoms with van der Waals surface area (Å²) in [5, 5.41) is 0.591. The first-order chi connectivity index (χ1) is 13.5. The lowest BCUT2D eigenvalue weighted by molar-refractivity contribution is -0.171. The predicted octanol–water partition coefficient (Wildman–Crippen LogP) is 2.06. The van der Waals surface area contributed by atoms with Gasteiger partial charge in [0.15, 0.2) is 5.54 Å². The fourth-order valence-corrected chi connectivity index (χ4v) is 3.88. The van der Waals surface area contributed by atoms with Crippen molar-refractivity contribution in [2.24, 2.45) is 5.92 Å². The molecule has 8 heteroatoms. The number of esters is 2. The zero-order valence-electron chi connectivity index (χ0n) is 15.1. The number of halogens is 1. The molecule has 3 aliphatic rings. The topological polar surface area (TPSA) is 85.9 Å². The molecule has 146 valence electrons. The Labute approximate surface area is 166 Å². The SMILES string of the molecule is COC(=O)[C@]12NN[C@@H](C(=O)OCc3ccccc3)OC1=CC1=CC(Cl)=CC[C@@H]12. The number of benzene rings is 1. The quantitative estimate of drug-likeness (QED) is 0.745. The highest BCUT2D eigenvalue weighted by atomic mass is 35.5. The summed E-state index contributed by atoms with van der Waals surface area (Å²) in [7, 11) is 1.31. The van der Waals surface area contributed by atoms with Crippen molar-refractivity contribution in [1.82, 2.24) is 10.9 Å². The normalized spacial score (nSPS) is 28.0. The lowest BCUT2D eigenvalue weighted by atomic mass is 9.79. The van der Waals surface area contributed by atoms with Crippen LogP contribution < -0.4 is 10.9 Å². The lowest BCUT2D eigenvalue weighted by Crippen LogP contribution is -2.69. The molecule has 2 aliphatic carbocycles. The molecule has 4 rings (SSSR count). The van der Waals surface area contributed by atoms with Crippen molar-refractivity contribution in [3.63, 3.8) is 0 Å². The first-order valence-electron chi connectivity index (χ1n) is 8.82. The summed E-state index contributed by atoms with van der Waals surface area (Å²) in [5.41, 5.74) is 6.15. The number of hydrogen-bond acceptors (Lipinski definition) is 7. The molecule has 1 fully saturated rings. The minimum absolute atomic E-state index is 0.121. The molecule has 0 amide bonds. The van der Waals surface area contributed by atoms with Crippen LogP contribution in [0.25, 0.3) is 0 Å². The molecule has 1 aromatic rings. The van der Waals surface area contributed by atoms with Crippen LogP contribution >= 0.6 is 11.6 Å². The number of allylic oxidation sites excluding steroid dienone is 4. The Bertz CT molecular complexity index is 895. The fraction of sp³-hybridized carbons (Fsp3) is 0.300. The van der Waals surface area contributed by atoms with Crippen molar-refractivity contribution in [3.8, 4) is 0 Å². The van der Waals surface area contributed by atoms with Gasteiger partial charge in [0.25, 0.3) is 6.23 Å². The third-order valence-electron chi connectivity index (χ3n) is 5.06. The van der Waals surface area contributed by atoms with E-state index in [-0.39, 0.29) is 12.5 Å². The Balaban J connectivity index is 1.52. The van der Waals surface area contributed by atoms with E-state index >= 15 is 0 Å². The monoisotopic (exact) mass is 402 g/mol. The van der Waals surface area contributed by atoms with Crippen molar-refractivity contribution >= 4 is 23.5 Å². The zero-order valence-corrected chi connectivity index (χ0v) is 15.9. The Morgan fingerprint density at radius 2 is 2.07 bits per heavy atom. The van der Waals surface area contributed by atoms with Gasteiger partial charge >= 0.3 is 11.9 Å². The highest BCUT2D eigenvalue weighted by molar-refractivity contribution is 6.31. The molecule has 1 aromatic carbocycles. The number of hydrazine groups is 1. The van der Waals surface area contributed by atoms with E-state index in [2.05, 4.69) is 10.9 Å². The van der Waals surface area contributed by atoms with Crippen LogP contribution in [-0.2, 0) is 30.4 Å². The van der Waals surface area contributed by atoms with Gasteiger partial charge in [-0.15, -0.1) is 0 Å². The number of nitrogens with one attached hydrogen (secondary N) is 2. The van der Waals surface area contributed by atoms with E-state index in [4.69, 9.17) is 25.8 Å². The van der Waals surface area contributed by atoms with Crippen LogP contribution in [0.3, 0.4) is 0 Å². The van der Waals surface area contributed by atoms with E-state index < -0.39 is 23.7 Å². The molecule has 0 bridgehead atoms. The maximum atomic E-state index is 12.7. The van der Waals surface area contributed by atoms with Crippen LogP contribution in [0.1, 0.15) is 12.0 Å². The van der Waals surface area contributed by atoms with Gasteiger partial charge in [0.1, 0.15) is 12.4 Å². The molecule has 0 unspecified atom stereocenters. The number of hydrogen-bond donors (Lipinski definition) is 2. The van der Waals surface area contributed by atoms with E-state index in [1.165, 1.54) is 7.11 Å². The van der Waals surface area contributed by atoms with Gasteiger partial charge < -0.3 is 14.2 Å². The molecule has 1 heterocycles. The fourth-order valence-electron chi connectivity index (χ4n) is 3.67. The highest BCUT2D eigenvalue weighted by Crippen LogP contribution is 2.47. The number of fused-ring (bicyclic) bond motifs is 3. The molecule has 0 radical (unpaired) electrons. The van der Waals surface area contributed by atoms with Crippen LogP contribution in [0, 0.1) is 5.92 Å². The third kappa shape index (κ3) is 3.11. The number of methoxy groups -OCH3 is 1. The molecule has 7 nitrogen and oxygen atoms in total. The number of ether oxygens (including phenoxy) is 3. The minimum atomic E-state index is -1.26. The van der Waals surface area contributed by atoms with Crippen LogP contribution in [0.5, 0.6) is 0 Å². The summed E-state index contributed by atoms with van der Waals surface area (Å²) in [5.74, 6) is -1.07. The second-order valence-corrected chi connectivity index (χ2v) is 7.13. The molecular weight excluding hydrogens is 384 g/mol. The van der Waals surface area contributed by atoms with E-state index in [0.29, 0.717) is 17.2 Å².